The molecule has 4 bridgehead atoms. The minimum absolute atomic E-state index is 1.39. The van der Waals surface area contributed by atoms with E-state index in [9.17, 15) is 0 Å². The number of benzene rings is 3. The molecule has 0 heteroatoms. The Kier molecular flexibility index (Phi) is 1.32. The molecule has 3 aromatic rings. The van der Waals surface area contributed by atoms with Crippen LogP contribution in [0.2, 0.25) is 0 Å². The maximum absolute atomic E-state index is 2.28. The number of fused-ring (bicyclic) bond motifs is 4. The van der Waals surface area contributed by atoms with Crippen molar-refractivity contribution in [2.75, 3.05) is 0 Å². The maximum atomic E-state index is 2.28. The van der Waals surface area contributed by atoms with E-state index in [2.05, 4.69) is 60.7 Å². The molecule has 82 valence electrons. The van der Waals surface area contributed by atoms with Crippen LogP contribution in [0.5, 0.6) is 0 Å². The van der Waals surface area contributed by atoms with Crippen LogP contribution in [-0.2, 0) is 0 Å². The molecule has 2 aliphatic carbocycles. The first-order chi connectivity index (χ1) is 8.95. The van der Waals surface area contributed by atoms with Crippen LogP contribution in [0, 0.1) is 0 Å². The highest BCUT2D eigenvalue weighted by Crippen LogP contribution is 2.59. The lowest BCUT2D eigenvalue weighted by Crippen LogP contribution is -1.76. The summed E-state index contributed by atoms with van der Waals surface area (Å²) in [7, 11) is 0. The van der Waals surface area contributed by atoms with Crippen molar-refractivity contribution in [3.63, 3.8) is 0 Å². The minimum Gasteiger partial charge on any atom is -0.0616 e. The van der Waals surface area contributed by atoms with Crippen molar-refractivity contribution in [3.8, 4) is 44.5 Å². The van der Waals surface area contributed by atoms with Crippen molar-refractivity contribution in [1.82, 2.24) is 0 Å². The molecule has 0 saturated carbocycles. The van der Waals surface area contributed by atoms with E-state index >= 15 is 0 Å². The monoisotopic (exact) mass is 226 g/mol. The van der Waals surface area contributed by atoms with E-state index in [-0.39, 0.29) is 0 Å². The third-order valence-electron chi connectivity index (χ3n) is 4.18. The SMILES string of the molecule is c1ccc2c(c1)-c1ccc3c-2c1-c1ccccc1-3. The highest BCUT2D eigenvalue weighted by atomic mass is 14.3. The molecular formula is C18H10. The van der Waals surface area contributed by atoms with Crippen LogP contribution in [-0.4, -0.2) is 0 Å². The molecular weight excluding hydrogens is 216 g/mol. The average molecular weight is 226 g/mol. The van der Waals surface area contributed by atoms with Gasteiger partial charge in [0.1, 0.15) is 0 Å². The highest BCUT2D eigenvalue weighted by molar-refractivity contribution is 6.18. The highest BCUT2D eigenvalue weighted by Gasteiger charge is 2.32. The summed E-state index contributed by atoms with van der Waals surface area (Å²) >= 11 is 0. The van der Waals surface area contributed by atoms with Gasteiger partial charge in [0.2, 0.25) is 0 Å². The molecule has 0 heterocycles. The molecule has 5 rings (SSSR count). The lowest BCUT2D eigenvalue weighted by atomic mass is 10.0. The van der Waals surface area contributed by atoms with Crippen LogP contribution < -0.4 is 0 Å². The fourth-order valence-electron chi connectivity index (χ4n) is 3.48. The zero-order valence-corrected chi connectivity index (χ0v) is 9.77. The van der Waals surface area contributed by atoms with Crippen LogP contribution in [0.3, 0.4) is 0 Å². The third-order valence-corrected chi connectivity index (χ3v) is 4.18. The standard InChI is InChI=1S/C18H10/c1-3-7-13-11(5-1)15-9-10-16-12-6-2-4-8-14(12)18(15)17(13)16/h1-10H. The Morgan fingerprint density at radius 3 is 1.17 bits per heavy atom. The second-order valence-corrected chi connectivity index (χ2v) is 5.00. The van der Waals surface area contributed by atoms with Gasteiger partial charge in [0, 0.05) is 0 Å². The molecule has 0 aliphatic heterocycles. The molecule has 0 saturated heterocycles. The van der Waals surface area contributed by atoms with E-state index in [4.69, 9.17) is 0 Å². The molecule has 0 nitrogen and oxygen atoms in total. The average Bonchev–Trinajstić information content (AvgIpc) is 2.79. The summed E-state index contributed by atoms with van der Waals surface area (Å²) in [6.45, 7) is 0. The molecule has 0 fully saturated rings. The lowest BCUT2D eigenvalue weighted by molar-refractivity contribution is 1.69. The molecule has 0 aromatic heterocycles. The Morgan fingerprint density at radius 2 is 0.722 bits per heavy atom. The quantitative estimate of drug-likeness (QED) is 0.349. The summed E-state index contributed by atoms with van der Waals surface area (Å²) in [4.78, 5) is 0. The smallest absolute Gasteiger partial charge is 0.00139 e. The summed E-state index contributed by atoms with van der Waals surface area (Å²) in [5.74, 6) is 0. The maximum Gasteiger partial charge on any atom is -0.00139 e. The molecule has 0 N–H and O–H groups in total. The third kappa shape index (κ3) is 0.790. The van der Waals surface area contributed by atoms with E-state index < -0.39 is 0 Å². The zero-order valence-electron chi connectivity index (χ0n) is 9.77. The van der Waals surface area contributed by atoms with Crippen LogP contribution in [0.4, 0.5) is 0 Å². The number of hydrogen-bond donors (Lipinski definition) is 0. The van der Waals surface area contributed by atoms with E-state index in [1.54, 1.807) is 0 Å². The Morgan fingerprint density at radius 1 is 0.333 bits per heavy atom. The van der Waals surface area contributed by atoms with Gasteiger partial charge in [-0.3, -0.25) is 0 Å². The van der Waals surface area contributed by atoms with Crippen LogP contribution in [0.25, 0.3) is 44.5 Å². The zero-order chi connectivity index (χ0) is 11.7. The van der Waals surface area contributed by atoms with Crippen molar-refractivity contribution < 1.29 is 0 Å². The lowest BCUT2D eigenvalue weighted by Gasteiger charge is -2.02. The predicted molar refractivity (Wildman–Crippen MR) is 75.3 cm³/mol. The number of hydrogen-bond acceptors (Lipinski definition) is 0. The van der Waals surface area contributed by atoms with Gasteiger partial charge < -0.3 is 0 Å². The van der Waals surface area contributed by atoms with E-state index in [0.717, 1.165) is 0 Å². The van der Waals surface area contributed by atoms with E-state index in [1.165, 1.54) is 44.5 Å². The van der Waals surface area contributed by atoms with Crippen molar-refractivity contribution >= 4 is 0 Å². The van der Waals surface area contributed by atoms with Gasteiger partial charge in [0.25, 0.3) is 0 Å². The summed E-state index contributed by atoms with van der Waals surface area (Å²) in [6.07, 6.45) is 0. The second kappa shape index (κ2) is 2.73. The van der Waals surface area contributed by atoms with E-state index in [1.807, 2.05) is 0 Å². The second-order valence-electron chi connectivity index (χ2n) is 5.00. The van der Waals surface area contributed by atoms with Gasteiger partial charge in [-0.1, -0.05) is 60.7 Å². The first-order valence-electron chi connectivity index (χ1n) is 6.32. The summed E-state index contributed by atoms with van der Waals surface area (Å²) < 4.78 is 0. The molecule has 0 amide bonds. The molecule has 18 heavy (non-hydrogen) atoms. The number of rotatable bonds is 0. The van der Waals surface area contributed by atoms with Crippen molar-refractivity contribution in [1.29, 1.82) is 0 Å². The van der Waals surface area contributed by atoms with Crippen molar-refractivity contribution in [2.24, 2.45) is 0 Å². The Balaban J connectivity index is 2.03. The summed E-state index contributed by atoms with van der Waals surface area (Å²) in [5, 5.41) is 0. The van der Waals surface area contributed by atoms with Gasteiger partial charge in [-0.05, 0) is 44.5 Å². The molecule has 0 unspecified atom stereocenters. The van der Waals surface area contributed by atoms with Crippen LogP contribution in [0.15, 0.2) is 60.7 Å². The molecule has 2 aliphatic rings. The molecule has 0 atom stereocenters. The fraction of sp³-hybridized carbons (Fsp3) is 0. The normalized spacial score (nSPS) is 12.4. The van der Waals surface area contributed by atoms with Gasteiger partial charge in [-0.15, -0.1) is 0 Å². The molecule has 0 radical (unpaired) electrons. The van der Waals surface area contributed by atoms with Crippen molar-refractivity contribution in [2.45, 2.75) is 0 Å². The van der Waals surface area contributed by atoms with E-state index in [0.29, 0.717) is 0 Å². The van der Waals surface area contributed by atoms with Crippen LogP contribution in [0.1, 0.15) is 0 Å². The van der Waals surface area contributed by atoms with Crippen molar-refractivity contribution in [3.05, 3.63) is 60.7 Å². The van der Waals surface area contributed by atoms with Gasteiger partial charge >= 0.3 is 0 Å². The van der Waals surface area contributed by atoms with Gasteiger partial charge in [-0.2, -0.15) is 0 Å². The first kappa shape index (κ1) is 8.71. The summed E-state index contributed by atoms with van der Waals surface area (Å²) in [6, 6.07) is 22.1. The summed E-state index contributed by atoms with van der Waals surface area (Å²) in [5.41, 5.74) is 11.3. The molecule has 3 aromatic carbocycles. The molecule has 0 spiro atoms. The van der Waals surface area contributed by atoms with Gasteiger partial charge in [-0.25, -0.2) is 0 Å². The van der Waals surface area contributed by atoms with Gasteiger partial charge in [0.15, 0.2) is 0 Å². The minimum atomic E-state index is 1.39. The van der Waals surface area contributed by atoms with Crippen LogP contribution >= 0.6 is 0 Å². The Bertz CT molecular complexity index is 755. The fourth-order valence-corrected chi connectivity index (χ4v) is 3.48. The predicted octanol–water partition coefficient (Wildman–Crippen LogP) is 4.98. The first-order valence-corrected chi connectivity index (χ1v) is 6.32. The Labute approximate surface area is 106 Å². The topological polar surface area (TPSA) is 0 Å². The Hall–Kier alpha value is -2.34. The van der Waals surface area contributed by atoms with Gasteiger partial charge in [0.05, 0.1) is 0 Å². The largest absolute Gasteiger partial charge is 0.0616 e.